The summed E-state index contributed by atoms with van der Waals surface area (Å²) in [4.78, 5) is 44.4. The number of rotatable bonds is 7. The number of fused-ring (bicyclic) bond motifs is 7. The molecule has 0 bridgehead atoms. The molecule has 0 aromatic heterocycles. The number of hydrogen-bond donors (Lipinski definition) is 5. The van der Waals surface area contributed by atoms with E-state index in [9.17, 15) is 24.6 Å². The van der Waals surface area contributed by atoms with Crippen LogP contribution in [0.1, 0.15) is 119 Å². The highest BCUT2D eigenvalue weighted by Crippen LogP contribution is 2.75. The Hall–Kier alpha value is -2.42. The van der Waals surface area contributed by atoms with E-state index in [-0.39, 0.29) is 75.0 Å². The van der Waals surface area contributed by atoms with Crippen molar-refractivity contribution in [2.75, 3.05) is 6.54 Å². The second kappa shape index (κ2) is 11.1. The Kier molecular flexibility index (Phi) is 8.36. The number of carbonyl (C=O) groups is 3. The largest absolute Gasteiger partial charge is 0.480 e. The Morgan fingerprint density at radius 1 is 1.00 bits per heavy atom. The minimum Gasteiger partial charge on any atom is -0.480 e. The van der Waals surface area contributed by atoms with E-state index in [2.05, 4.69) is 51.9 Å². The van der Waals surface area contributed by atoms with Gasteiger partial charge in [0, 0.05) is 17.9 Å². The molecule has 0 spiro atoms. The lowest BCUT2D eigenvalue weighted by Gasteiger charge is -2.70. The van der Waals surface area contributed by atoms with Gasteiger partial charge in [-0.15, -0.1) is 0 Å². The summed E-state index contributed by atoms with van der Waals surface area (Å²) in [5, 5.41) is 23.7. The number of aliphatic carboxylic acids is 1. The molecule has 4 fully saturated rings. The van der Waals surface area contributed by atoms with E-state index >= 15 is 0 Å². The summed E-state index contributed by atoms with van der Waals surface area (Å²) in [6.45, 7) is 16.1. The van der Waals surface area contributed by atoms with Crippen LogP contribution in [0.4, 0.5) is 0 Å². The zero-order valence-electron chi connectivity index (χ0n) is 28.7. The molecular weight excluding hydrogens is 568 g/mol. The predicted octanol–water partition coefficient (Wildman–Crippen LogP) is 4.95. The maximum Gasteiger partial charge on any atom is 0.326 e. The van der Waals surface area contributed by atoms with Gasteiger partial charge in [0.15, 0.2) is 11.7 Å². The van der Waals surface area contributed by atoms with Gasteiger partial charge in [-0.1, -0.05) is 54.0 Å². The van der Waals surface area contributed by atoms with Gasteiger partial charge in [-0.3, -0.25) is 14.6 Å². The number of aliphatic hydroxyl groups is 1. The molecule has 0 radical (unpaired) electrons. The average Bonchev–Trinajstić information content (AvgIpc) is 2.94. The maximum absolute atomic E-state index is 14.5. The van der Waals surface area contributed by atoms with E-state index in [0.29, 0.717) is 25.8 Å². The van der Waals surface area contributed by atoms with Crippen LogP contribution in [0.15, 0.2) is 16.6 Å². The molecule has 0 aliphatic heterocycles. The highest BCUT2D eigenvalue weighted by molar-refractivity contribution is 5.96. The van der Waals surface area contributed by atoms with E-state index in [1.54, 1.807) is 0 Å². The van der Waals surface area contributed by atoms with Crippen molar-refractivity contribution in [3.8, 4) is 0 Å². The summed E-state index contributed by atoms with van der Waals surface area (Å²) < 4.78 is 0. The first kappa shape index (κ1) is 33.9. The number of allylic oxidation sites excluding steroid dienone is 2. The van der Waals surface area contributed by atoms with Crippen LogP contribution in [0, 0.1) is 50.2 Å². The average molecular weight is 627 g/mol. The molecule has 10 atom stereocenters. The van der Waals surface area contributed by atoms with Crippen LogP contribution in [0.25, 0.3) is 0 Å². The molecule has 4 saturated carbocycles. The Morgan fingerprint density at radius 2 is 1.67 bits per heavy atom. The number of guanidine groups is 1. The topological polar surface area (TPSA) is 168 Å². The quantitative estimate of drug-likeness (QED) is 0.151. The summed E-state index contributed by atoms with van der Waals surface area (Å²) >= 11 is 0. The third-order valence-electron chi connectivity index (χ3n) is 14.7. The van der Waals surface area contributed by atoms with Crippen LogP contribution in [0.3, 0.4) is 0 Å². The van der Waals surface area contributed by atoms with Gasteiger partial charge in [-0.2, -0.15) is 0 Å². The van der Waals surface area contributed by atoms with Gasteiger partial charge in [0.25, 0.3) is 0 Å². The molecule has 0 aromatic rings. The molecule has 5 rings (SSSR count). The Labute approximate surface area is 269 Å². The van der Waals surface area contributed by atoms with E-state index in [1.165, 1.54) is 5.57 Å². The van der Waals surface area contributed by atoms with Crippen LogP contribution in [-0.2, 0) is 14.4 Å². The van der Waals surface area contributed by atoms with Crippen molar-refractivity contribution in [2.24, 2.45) is 66.7 Å². The molecule has 45 heavy (non-hydrogen) atoms. The van der Waals surface area contributed by atoms with Crippen LogP contribution in [-0.4, -0.2) is 52.5 Å². The fourth-order valence-electron chi connectivity index (χ4n) is 11.5. The third kappa shape index (κ3) is 5.14. The van der Waals surface area contributed by atoms with Gasteiger partial charge in [0.2, 0.25) is 5.91 Å². The molecule has 252 valence electrons. The molecule has 9 heteroatoms. The summed E-state index contributed by atoms with van der Waals surface area (Å²) in [6.07, 6.45) is 10.1. The standard InChI is InChI=1S/C36H58N4O5/c1-31(2)25-10-13-36(7)27(34(25,5)12-11-26(31)42)24(41)19-21-22-20-33(4,15-14-32(22,3)16-17-35(21,36)6)29(45)40-23(28(43)44)9-8-18-39-30(37)38/h19,22-23,25-27,42H,8-18,20H2,1-7H3,(H,40,45)(H,43,44)(H4,37,38,39)/t22-,23?,25-,26-,27+,32+,33-,34-,35+,36+/m0/s1. The lowest BCUT2D eigenvalue weighted by Crippen LogP contribution is -2.66. The summed E-state index contributed by atoms with van der Waals surface area (Å²) in [7, 11) is 0. The summed E-state index contributed by atoms with van der Waals surface area (Å²) in [5.74, 6) is -0.839. The highest BCUT2D eigenvalue weighted by Gasteiger charge is 2.70. The van der Waals surface area contributed by atoms with E-state index in [4.69, 9.17) is 11.5 Å². The van der Waals surface area contributed by atoms with Crippen molar-refractivity contribution in [1.82, 2.24) is 5.32 Å². The first-order valence-corrected chi connectivity index (χ1v) is 17.3. The van der Waals surface area contributed by atoms with Crippen LogP contribution < -0.4 is 16.8 Å². The Balaban J connectivity index is 1.44. The second-order valence-corrected chi connectivity index (χ2v) is 17.4. The lowest BCUT2D eigenvalue weighted by molar-refractivity contribution is -0.202. The SMILES string of the molecule is CC1(C)[C@@H](O)CC[C@]2(C)[C@H]3C(=O)C=C4[C@@H]5C[C@@](C)(C(=O)NC(CCCN=C(N)N)C(=O)O)CC[C@]5(C)CC[C@@]4(C)[C@]3(C)CC[C@@H]12. The minimum absolute atomic E-state index is 0.0149. The molecular formula is C36H58N4O5. The Morgan fingerprint density at radius 3 is 2.31 bits per heavy atom. The first-order chi connectivity index (χ1) is 20.7. The fourth-order valence-corrected chi connectivity index (χ4v) is 11.5. The number of nitrogens with two attached hydrogens (primary N) is 2. The van der Waals surface area contributed by atoms with E-state index < -0.39 is 17.4 Å². The van der Waals surface area contributed by atoms with E-state index in [1.807, 2.05) is 13.0 Å². The van der Waals surface area contributed by atoms with Gasteiger partial charge in [0.1, 0.15) is 6.04 Å². The van der Waals surface area contributed by atoms with Crippen LogP contribution in [0.2, 0.25) is 0 Å². The highest BCUT2D eigenvalue weighted by atomic mass is 16.4. The maximum atomic E-state index is 14.5. The predicted molar refractivity (Wildman–Crippen MR) is 175 cm³/mol. The Bertz CT molecular complexity index is 1310. The van der Waals surface area contributed by atoms with Crippen molar-refractivity contribution in [3.05, 3.63) is 11.6 Å². The summed E-state index contributed by atoms with van der Waals surface area (Å²) in [6, 6.07) is -1.02. The van der Waals surface area contributed by atoms with E-state index in [0.717, 1.165) is 44.9 Å². The van der Waals surface area contributed by atoms with Gasteiger partial charge < -0.3 is 27.0 Å². The molecule has 5 aliphatic rings. The molecule has 0 aromatic carbocycles. The molecule has 7 N–H and O–H groups in total. The van der Waals surface area contributed by atoms with Gasteiger partial charge in [-0.25, -0.2) is 4.79 Å². The normalized spacial score (nSPS) is 44.2. The molecule has 1 amide bonds. The van der Waals surface area contributed by atoms with Gasteiger partial charge >= 0.3 is 5.97 Å². The molecule has 5 aliphatic carbocycles. The lowest BCUT2D eigenvalue weighted by atomic mass is 9.33. The van der Waals surface area contributed by atoms with Crippen LogP contribution in [0.5, 0.6) is 0 Å². The van der Waals surface area contributed by atoms with Gasteiger partial charge in [0.05, 0.1) is 6.10 Å². The first-order valence-electron chi connectivity index (χ1n) is 17.3. The number of nitrogens with zero attached hydrogens (tertiary/aromatic N) is 1. The zero-order chi connectivity index (χ0) is 33.4. The van der Waals surface area contributed by atoms with Gasteiger partial charge in [-0.05, 0) is 116 Å². The summed E-state index contributed by atoms with van der Waals surface area (Å²) in [5.41, 5.74) is 10.5. The van der Waals surface area contributed by atoms with Crippen LogP contribution >= 0.6 is 0 Å². The molecule has 1 unspecified atom stereocenters. The number of carboxylic acids is 1. The number of nitrogens with one attached hydrogen (secondary N) is 1. The number of aliphatic imine (C=N–C) groups is 1. The number of carboxylic acid groups (broad SMARTS) is 1. The smallest absolute Gasteiger partial charge is 0.326 e. The molecule has 0 saturated heterocycles. The van der Waals surface area contributed by atoms with Crippen molar-refractivity contribution in [3.63, 3.8) is 0 Å². The fraction of sp³-hybridized carbons (Fsp3) is 0.833. The van der Waals surface area contributed by atoms with Crippen molar-refractivity contribution < 1.29 is 24.6 Å². The van der Waals surface area contributed by atoms with Crippen molar-refractivity contribution in [1.29, 1.82) is 0 Å². The minimum atomic E-state index is -1.07. The number of amides is 1. The van der Waals surface area contributed by atoms with Crippen molar-refractivity contribution in [2.45, 2.75) is 131 Å². The number of hydrogen-bond acceptors (Lipinski definition) is 5. The number of ketones is 1. The van der Waals surface area contributed by atoms with Crippen molar-refractivity contribution >= 4 is 23.6 Å². The monoisotopic (exact) mass is 626 g/mol. The second-order valence-electron chi connectivity index (χ2n) is 17.4. The number of carbonyl (C=O) groups excluding carboxylic acids is 2. The number of aliphatic hydroxyl groups excluding tert-OH is 1. The molecule has 0 heterocycles. The zero-order valence-corrected chi connectivity index (χ0v) is 28.7. The third-order valence-corrected chi connectivity index (χ3v) is 14.7. The molecule has 9 nitrogen and oxygen atoms in total.